The van der Waals surface area contributed by atoms with Gasteiger partial charge in [-0.05, 0) is 32.9 Å². The minimum Gasteiger partial charge on any atom is -0.299 e. The van der Waals surface area contributed by atoms with Gasteiger partial charge in [0.15, 0.2) is 5.78 Å². The van der Waals surface area contributed by atoms with Crippen molar-refractivity contribution in [3.8, 4) is 0 Å². The Kier molecular flexibility index (Phi) is 4.61. The number of hydrogen-bond acceptors (Lipinski definition) is 3. The maximum Gasteiger partial charge on any atom is 0.176 e. The molecule has 0 N–H and O–H groups in total. The lowest BCUT2D eigenvalue weighted by Crippen LogP contribution is -2.58. The predicted molar refractivity (Wildman–Crippen MR) is 83.3 cm³/mol. The quantitative estimate of drug-likeness (QED) is 0.788. The Morgan fingerprint density at radius 3 is 2.40 bits per heavy atom. The number of Topliss-reactive ketones (excluding diaryl/α,β-unsaturated/α-hetero) is 1. The predicted octanol–water partition coefficient (Wildman–Crippen LogP) is 2.46. The van der Waals surface area contributed by atoms with Crippen LogP contribution < -0.4 is 0 Å². The van der Waals surface area contributed by atoms with Gasteiger partial charge in [-0.25, -0.2) is 0 Å². The molecule has 0 unspecified atom stereocenters. The first-order valence-electron chi connectivity index (χ1n) is 7.48. The third-order valence-electron chi connectivity index (χ3n) is 4.45. The molecule has 20 heavy (non-hydrogen) atoms. The summed E-state index contributed by atoms with van der Waals surface area (Å²) >= 11 is 0. The van der Waals surface area contributed by atoms with Gasteiger partial charge in [-0.15, -0.1) is 0 Å². The van der Waals surface area contributed by atoms with Crippen molar-refractivity contribution in [1.82, 2.24) is 9.80 Å². The third kappa shape index (κ3) is 3.47. The van der Waals surface area contributed by atoms with Crippen molar-refractivity contribution in [2.45, 2.75) is 32.7 Å². The fourth-order valence-electron chi connectivity index (χ4n) is 2.70. The van der Waals surface area contributed by atoms with Crippen molar-refractivity contribution in [2.24, 2.45) is 0 Å². The van der Waals surface area contributed by atoms with Gasteiger partial charge in [0.25, 0.3) is 0 Å². The standard InChI is InChI=1S/C17H26N2O/c1-5-14-6-8-15(9-7-14)16(20)12-19-11-10-18(4)17(2,3)13-19/h6-9H,5,10-13H2,1-4H3. The lowest BCUT2D eigenvalue weighted by molar-refractivity contribution is 0.0390. The van der Waals surface area contributed by atoms with E-state index in [0.717, 1.165) is 31.6 Å². The summed E-state index contributed by atoms with van der Waals surface area (Å²) in [7, 11) is 2.16. The minimum absolute atomic E-state index is 0.143. The summed E-state index contributed by atoms with van der Waals surface area (Å²) in [6, 6.07) is 8.03. The molecule has 110 valence electrons. The van der Waals surface area contributed by atoms with E-state index in [4.69, 9.17) is 0 Å². The Labute approximate surface area is 122 Å². The van der Waals surface area contributed by atoms with E-state index in [9.17, 15) is 4.79 Å². The van der Waals surface area contributed by atoms with E-state index in [1.54, 1.807) is 0 Å². The minimum atomic E-state index is 0.143. The second kappa shape index (κ2) is 6.06. The number of carbonyl (C=O) groups is 1. The number of likely N-dealkylation sites (N-methyl/N-ethyl adjacent to an activating group) is 1. The van der Waals surface area contributed by atoms with E-state index in [1.165, 1.54) is 5.56 Å². The summed E-state index contributed by atoms with van der Waals surface area (Å²) in [6.45, 7) is 10.1. The van der Waals surface area contributed by atoms with E-state index in [0.29, 0.717) is 6.54 Å². The van der Waals surface area contributed by atoms with Crippen LogP contribution in [0.4, 0.5) is 0 Å². The molecule has 3 heteroatoms. The molecule has 0 aromatic heterocycles. The molecule has 0 radical (unpaired) electrons. The van der Waals surface area contributed by atoms with Crippen LogP contribution in [-0.4, -0.2) is 54.3 Å². The molecule has 1 saturated heterocycles. The molecule has 1 fully saturated rings. The number of ketones is 1. The molecule has 0 bridgehead atoms. The van der Waals surface area contributed by atoms with E-state index in [-0.39, 0.29) is 11.3 Å². The Balaban J connectivity index is 1.97. The van der Waals surface area contributed by atoms with E-state index < -0.39 is 0 Å². The van der Waals surface area contributed by atoms with Crippen LogP contribution in [0.15, 0.2) is 24.3 Å². The van der Waals surface area contributed by atoms with Gasteiger partial charge in [0.05, 0.1) is 6.54 Å². The number of hydrogen-bond donors (Lipinski definition) is 0. The molecule has 2 rings (SSSR count). The highest BCUT2D eigenvalue weighted by Crippen LogP contribution is 2.19. The van der Waals surface area contributed by atoms with E-state index in [1.807, 2.05) is 12.1 Å². The Hall–Kier alpha value is -1.19. The highest BCUT2D eigenvalue weighted by molar-refractivity contribution is 5.97. The van der Waals surface area contributed by atoms with E-state index in [2.05, 4.69) is 49.8 Å². The summed E-state index contributed by atoms with van der Waals surface area (Å²) in [5.41, 5.74) is 2.26. The number of benzene rings is 1. The lowest BCUT2D eigenvalue weighted by Gasteiger charge is -2.45. The highest BCUT2D eigenvalue weighted by atomic mass is 16.1. The summed E-state index contributed by atoms with van der Waals surface area (Å²) in [5.74, 6) is 0.230. The first-order chi connectivity index (χ1) is 9.42. The third-order valence-corrected chi connectivity index (χ3v) is 4.45. The number of piperazine rings is 1. The Bertz CT molecular complexity index is 464. The van der Waals surface area contributed by atoms with Crippen molar-refractivity contribution in [3.05, 3.63) is 35.4 Å². The van der Waals surface area contributed by atoms with Crippen LogP contribution in [-0.2, 0) is 6.42 Å². The molecule has 0 spiro atoms. The molecule has 1 aromatic rings. The zero-order valence-electron chi connectivity index (χ0n) is 13.1. The van der Waals surface area contributed by atoms with Crippen LogP contribution in [0, 0.1) is 0 Å². The summed E-state index contributed by atoms with van der Waals surface area (Å²) in [6.07, 6.45) is 1.01. The average molecular weight is 274 g/mol. The number of rotatable bonds is 4. The van der Waals surface area contributed by atoms with Crippen molar-refractivity contribution in [2.75, 3.05) is 33.2 Å². The summed E-state index contributed by atoms with van der Waals surface area (Å²) in [4.78, 5) is 17.0. The largest absolute Gasteiger partial charge is 0.299 e. The topological polar surface area (TPSA) is 23.6 Å². The fourth-order valence-corrected chi connectivity index (χ4v) is 2.70. The molecular weight excluding hydrogens is 248 g/mol. The maximum absolute atomic E-state index is 12.3. The first kappa shape index (κ1) is 15.2. The molecule has 1 aromatic carbocycles. The Morgan fingerprint density at radius 2 is 1.85 bits per heavy atom. The van der Waals surface area contributed by atoms with Crippen LogP contribution in [0.1, 0.15) is 36.7 Å². The highest BCUT2D eigenvalue weighted by Gasteiger charge is 2.31. The first-order valence-corrected chi connectivity index (χ1v) is 7.48. The van der Waals surface area contributed by atoms with Crippen LogP contribution >= 0.6 is 0 Å². The summed E-state index contributed by atoms with van der Waals surface area (Å²) in [5, 5.41) is 0. The molecule has 1 aliphatic rings. The Morgan fingerprint density at radius 1 is 1.20 bits per heavy atom. The fraction of sp³-hybridized carbons (Fsp3) is 0.588. The lowest BCUT2D eigenvalue weighted by atomic mass is 9.99. The molecule has 0 amide bonds. The molecule has 1 aliphatic heterocycles. The normalized spacial score (nSPS) is 20.0. The van der Waals surface area contributed by atoms with Crippen molar-refractivity contribution in [3.63, 3.8) is 0 Å². The van der Waals surface area contributed by atoms with Crippen LogP contribution in [0.5, 0.6) is 0 Å². The van der Waals surface area contributed by atoms with Gasteiger partial charge < -0.3 is 0 Å². The van der Waals surface area contributed by atoms with Crippen LogP contribution in [0.2, 0.25) is 0 Å². The summed E-state index contributed by atoms with van der Waals surface area (Å²) < 4.78 is 0. The number of carbonyl (C=O) groups excluding carboxylic acids is 1. The maximum atomic E-state index is 12.3. The van der Waals surface area contributed by atoms with Gasteiger partial charge in [-0.1, -0.05) is 31.2 Å². The number of nitrogens with zero attached hydrogens (tertiary/aromatic N) is 2. The second-order valence-electron chi connectivity index (χ2n) is 6.42. The molecule has 0 saturated carbocycles. The zero-order chi connectivity index (χ0) is 14.8. The van der Waals surface area contributed by atoms with E-state index >= 15 is 0 Å². The zero-order valence-corrected chi connectivity index (χ0v) is 13.1. The van der Waals surface area contributed by atoms with Gasteiger partial charge in [0.2, 0.25) is 0 Å². The molecular formula is C17H26N2O. The molecule has 1 heterocycles. The second-order valence-corrected chi connectivity index (χ2v) is 6.42. The SMILES string of the molecule is CCc1ccc(C(=O)CN2CCN(C)C(C)(C)C2)cc1. The molecule has 0 aliphatic carbocycles. The van der Waals surface area contributed by atoms with Crippen LogP contribution in [0.3, 0.4) is 0 Å². The molecule has 3 nitrogen and oxygen atoms in total. The van der Waals surface area contributed by atoms with Crippen LogP contribution in [0.25, 0.3) is 0 Å². The van der Waals surface area contributed by atoms with Gasteiger partial charge in [-0.2, -0.15) is 0 Å². The number of aryl methyl sites for hydroxylation is 1. The smallest absolute Gasteiger partial charge is 0.176 e. The van der Waals surface area contributed by atoms with Crippen molar-refractivity contribution >= 4 is 5.78 Å². The van der Waals surface area contributed by atoms with Gasteiger partial charge in [0.1, 0.15) is 0 Å². The van der Waals surface area contributed by atoms with Crippen molar-refractivity contribution < 1.29 is 4.79 Å². The monoisotopic (exact) mass is 274 g/mol. The van der Waals surface area contributed by atoms with Gasteiger partial charge >= 0.3 is 0 Å². The molecule has 0 atom stereocenters. The van der Waals surface area contributed by atoms with Gasteiger partial charge in [0, 0.05) is 30.7 Å². The van der Waals surface area contributed by atoms with Crippen molar-refractivity contribution in [1.29, 1.82) is 0 Å². The van der Waals surface area contributed by atoms with Gasteiger partial charge in [-0.3, -0.25) is 14.6 Å². The average Bonchev–Trinajstić information content (AvgIpc) is 2.42.